The fraction of sp³-hybridized carbons (Fsp3) is 0.111. The zero-order valence-corrected chi connectivity index (χ0v) is 8.51. The molecule has 0 amide bonds. The van der Waals surface area contributed by atoms with Gasteiger partial charge in [0.05, 0.1) is 0 Å². The molecule has 1 aromatic carbocycles. The average molecular weight is 234 g/mol. The molecule has 0 spiro atoms. The summed E-state index contributed by atoms with van der Waals surface area (Å²) >= 11 is 4.72. The Bertz CT molecular complexity index is 476. The summed E-state index contributed by atoms with van der Waals surface area (Å²) in [5.74, 6) is 0. The van der Waals surface area contributed by atoms with Gasteiger partial charge in [0.1, 0.15) is 0 Å². The van der Waals surface area contributed by atoms with Crippen molar-refractivity contribution < 1.29 is 13.2 Å². The third-order valence-electron chi connectivity index (χ3n) is 1.83. The van der Waals surface area contributed by atoms with Gasteiger partial charge in [-0.1, -0.05) is 0 Å². The molecule has 2 rings (SSSR count). The lowest BCUT2D eigenvalue weighted by Crippen LogP contribution is -1.84. The molecule has 1 heterocycles. The van der Waals surface area contributed by atoms with Crippen molar-refractivity contribution in [2.24, 2.45) is 0 Å². The lowest BCUT2D eigenvalue weighted by atomic mass is 10.2. The summed E-state index contributed by atoms with van der Waals surface area (Å²) in [4.78, 5) is 0.422. The first-order valence-electron chi connectivity index (χ1n) is 3.78. The summed E-state index contributed by atoms with van der Waals surface area (Å²) in [5.41, 5.74) is -0.151. The van der Waals surface area contributed by atoms with Crippen LogP contribution in [0.25, 0.3) is 10.1 Å². The highest BCUT2D eigenvalue weighted by atomic mass is 32.1. The van der Waals surface area contributed by atoms with Crippen molar-refractivity contribution in [3.05, 3.63) is 28.9 Å². The number of halogens is 3. The van der Waals surface area contributed by atoms with Gasteiger partial charge in [-0.2, -0.15) is 4.39 Å². The number of benzene rings is 1. The van der Waals surface area contributed by atoms with Gasteiger partial charge in [0, 0.05) is 15.2 Å². The van der Waals surface area contributed by atoms with E-state index in [4.69, 9.17) is 0 Å². The molecule has 0 fully saturated rings. The van der Waals surface area contributed by atoms with E-state index in [1.165, 1.54) is 12.1 Å². The molecule has 1 aromatic heterocycles. The summed E-state index contributed by atoms with van der Waals surface area (Å²) in [5, 5.41) is 0.0242. The summed E-state index contributed by atoms with van der Waals surface area (Å²) in [6.45, 7) is 0. The maximum absolute atomic E-state index is 12.8. The Morgan fingerprint density at radius 3 is 2.57 bits per heavy atom. The standard InChI is InChI=1S/C9H5F3S2/c10-7-2-4-1-5(13)3-6(9(11)12)8(4)14-7/h1-3,9,13H. The summed E-state index contributed by atoms with van der Waals surface area (Å²) in [6, 6.07) is 4.08. The third-order valence-corrected chi connectivity index (χ3v) is 3.08. The molecular formula is C9H5F3S2. The van der Waals surface area contributed by atoms with Crippen molar-refractivity contribution in [3.63, 3.8) is 0 Å². The largest absolute Gasteiger partial charge is 0.265 e. The van der Waals surface area contributed by atoms with Crippen molar-refractivity contribution in [2.75, 3.05) is 0 Å². The van der Waals surface area contributed by atoms with Gasteiger partial charge >= 0.3 is 0 Å². The van der Waals surface area contributed by atoms with Gasteiger partial charge in [0.15, 0.2) is 5.13 Å². The third kappa shape index (κ3) is 1.62. The van der Waals surface area contributed by atoms with Crippen LogP contribution in [-0.4, -0.2) is 0 Å². The van der Waals surface area contributed by atoms with Crippen LogP contribution in [-0.2, 0) is 0 Å². The highest BCUT2D eigenvalue weighted by Crippen LogP contribution is 2.35. The van der Waals surface area contributed by atoms with Crippen LogP contribution in [0.1, 0.15) is 12.0 Å². The first-order valence-corrected chi connectivity index (χ1v) is 5.04. The van der Waals surface area contributed by atoms with Crippen LogP contribution < -0.4 is 0 Å². The molecule has 0 atom stereocenters. The quantitative estimate of drug-likeness (QED) is 0.700. The second kappa shape index (κ2) is 3.47. The SMILES string of the molecule is Fc1cc2cc(S)cc(C(F)F)c2s1. The van der Waals surface area contributed by atoms with E-state index in [9.17, 15) is 13.2 Å². The Morgan fingerprint density at radius 2 is 1.93 bits per heavy atom. The van der Waals surface area contributed by atoms with Crippen LogP contribution in [0.4, 0.5) is 13.2 Å². The number of hydrogen-bond acceptors (Lipinski definition) is 2. The first-order chi connectivity index (χ1) is 6.58. The second-order valence-corrected chi connectivity index (χ2v) is 4.32. The molecule has 74 valence electrons. The van der Waals surface area contributed by atoms with Crippen molar-refractivity contribution in [1.82, 2.24) is 0 Å². The van der Waals surface area contributed by atoms with Gasteiger partial charge in [-0.05, 0) is 23.6 Å². The van der Waals surface area contributed by atoms with E-state index in [0.717, 1.165) is 11.3 Å². The Balaban J connectivity index is 2.79. The molecular weight excluding hydrogens is 229 g/mol. The van der Waals surface area contributed by atoms with Crippen LogP contribution in [0.15, 0.2) is 23.1 Å². The molecule has 0 N–H and O–H groups in total. The monoisotopic (exact) mass is 234 g/mol. The number of thiophene rings is 1. The lowest BCUT2D eigenvalue weighted by Gasteiger charge is -2.02. The minimum absolute atomic E-state index is 0.151. The van der Waals surface area contributed by atoms with E-state index in [1.807, 2.05) is 0 Å². The fourth-order valence-electron chi connectivity index (χ4n) is 1.29. The smallest absolute Gasteiger partial charge is 0.205 e. The van der Waals surface area contributed by atoms with Gasteiger partial charge in [-0.15, -0.1) is 24.0 Å². The fourth-order valence-corrected chi connectivity index (χ4v) is 2.46. The van der Waals surface area contributed by atoms with Crippen molar-refractivity contribution in [3.8, 4) is 0 Å². The molecule has 0 saturated carbocycles. The molecule has 0 radical (unpaired) electrons. The molecule has 14 heavy (non-hydrogen) atoms. The summed E-state index contributed by atoms with van der Waals surface area (Å²) in [7, 11) is 0. The highest BCUT2D eigenvalue weighted by molar-refractivity contribution is 7.80. The Labute approximate surface area is 87.8 Å². The van der Waals surface area contributed by atoms with E-state index < -0.39 is 11.6 Å². The zero-order valence-electron chi connectivity index (χ0n) is 6.80. The zero-order chi connectivity index (χ0) is 10.3. The van der Waals surface area contributed by atoms with Gasteiger partial charge in [0.2, 0.25) is 0 Å². The Hall–Kier alpha value is -0.680. The molecule has 2 aromatic rings. The summed E-state index contributed by atoms with van der Waals surface area (Å²) in [6.07, 6.45) is -2.59. The van der Waals surface area contributed by atoms with Crippen molar-refractivity contribution >= 4 is 34.1 Å². The van der Waals surface area contributed by atoms with Crippen LogP contribution >= 0.6 is 24.0 Å². The van der Waals surface area contributed by atoms with E-state index >= 15 is 0 Å². The number of fused-ring (bicyclic) bond motifs is 1. The van der Waals surface area contributed by atoms with E-state index in [1.54, 1.807) is 6.07 Å². The van der Waals surface area contributed by atoms with Gasteiger partial charge < -0.3 is 0 Å². The molecule has 0 bridgehead atoms. The molecule has 0 aliphatic rings. The van der Waals surface area contributed by atoms with Crippen LogP contribution in [0.3, 0.4) is 0 Å². The Morgan fingerprint density at radius 1 is 1.21 bits per heavy atom. The normalized spacial score (nSPS) is 11.5. The predicted molar refractivity (Wildman–Crippen MR) is 54.0 cm³/mol. The van der Waals surface area contributed by atoms with E-state index in [0.29, 0.717) is 15.0 Å². The molecule has 0 saturated heterocycles. The number of alkyl halides is 2. The average Bonchev–Trinajstić information content (AvgIpc) is 2.42. The van der Waals surface area contributed by atoms with Crippen LogP contribution in [0, 0.1) is 5.13 Å². The van der Waals surface area contributed by atoms with Gasteiger partial charge in [-0.3, -0.25) is 0 Å². The van der Waals surface area contributed by atoms with E-state index in [2.05, 4.69) is 12.6 Å². The Kier molecular flexibility index (Phi) is 2.45. The predicted octanol–water partition coefficient (Wildman–Crippen LogP) is 4.27. The second-order valence-electron chi connectivity index (χ2n) is 2.80. The van der Waals surface area contributed by atoms with Crippen LogP contribution in [0.2, 0.25) is 0 Å². The lowest BCUT2D eigenvalue weighted by molar-refractivity contribution is 0.153. The number of hydrogen-bond donors (Lipinski definition) is 1. The van der Waals surface area contributed by atoms with Crippen molar-refractivity contribution in [1.29, 1.82) is 0 Å². The molecule has 5 heteroatoms. The van der Waals surface area contributed by atoms with Crippen molar-refractivity contribution in [2.45, 2.75) is 11.3 Å². The van der Waals surface area contributed by atoms with E-state index in [-0.39, 0.29) is 5.56 Å². The number of rotatable bonds is 1. The maximum Gasteiger partial charge on any atom is 0.265 e. The number of thiol groups is 1. The topological polar surface area (TPSA) is 0 Å². The van der Waals surface area contributed by atoms with Gasteiger partial charge in [0.25, 0.3) is 6.43 Å². The van der Waals surface area contributed by atoms with Crippen LogP contribution in [0.5, 0.6) is 0 Å². The minimum atomic E-state index is -2.59. The highest BCUT2D eigenvalue weighted by Gasteiger charge is 2.15. The first kappa shape index (κ1) is 9.86. The maximum atomic E-state index is 12.8. The molecule has 0 nitrogen and oxygen atoms in total. The van der Waals surface area contributed by atoms with Gasteiger partial charge in [-0.25, -0.2) is 8.78 Å². The minimum Gasteiger partial charge on any atom is -0.205 e. The molecule has 0 aliphatic carbocycles. The molecule has 0 unspecified atom stereocenters. The summed E-state index contributed by atoms with van der Waals surface area (Å²) < 4.78 is 38.2. The molecule has 0 aliphatic heterocycles.